The topological polar surface area (TPSA) is 15.3 Å². The molecule has 0 aromatic heterocycles. The molecular weight excluding hydrogens is 220 g/mol. The molecule has 2 fully saturated rings. The summed E-state index contributed by atoms with van der Waals surface area (Å²) in [5.41, 5.74) is 0.736. The number of rotatable bonds is 5. The minimum Gasteiger partial charge on any atom is -0.308 e. The van der Waals surface area contributed by atoms with E-state index in [0.717, 1.165) is 11.8 Å². The molecule has 106 valence electrons. The van der Waals surface area contributed by atoms with Crippen LogP contribution in [0.2, 0.25) is 0 Å². The van der Waals surface area contributed by atoms with Crippen LogP contribution in [0, 0.1) is 11.8 Å². The Kier molecular flexibility index (Phi) is 4.08. The molecule has 1 aliphatic carbocycles. The lowest BCUT2D eigenvalue weighted by molar-refractivity contribution is -0.00449. The quantitative estimate of drug-likeness (QED) is 0.808. The fourth-order valence-electron chi connectivity index (χ4n) is 3.28. The van der Waals surface area contributed by atoms with E-state index in [2.05, 4.69) is 44.8 Å². The van der Waals surface area contributed by atoms with E-state index in [4.69, 9.17) is 0 Å². The van der Waals surface area contributed by atoms with Crippen molar-refractivity contribution in [1.29, 1.82) is 0 Å². The van der Waals surface area contributed by atoms with E-state index in [-0.39, 0.29) is 0 Å². The van der Waals surface area contributed by atoms with Crippen LogP contribution in [0.5, 0.6) is 0 Å². The molecule has 1 heterocycles. The molecule has 3 unspecified atom stereocenters. The van der Waals surface area contributed by atoms with E-state index in [1.54, 1.807) is 0 Å². The highest BCUT2D eigenvalue weighted by atomic mass is 15.3. The first-order valence-electron chi connectivity index (χ1n) is 7.93. The first-order chi connectivity index (χ1) is 8.43. The first kappa shape index (κ1) is 14.3. The van der Waals surface area contributed by atoms with Crippen LogP contribution in [0.3, 0.4) is 0 Å². The van der Waals surface area contributed by atoms with Gasteiger partial charge in [0.15, 0.2) is 0 Å². The molecule has 1 saturated carbocycles. The van der Waals surface area contributed by atoms with Gasteiger partial charge in [0.05, 0.1) is 0 Å². The summed E-state index contributed by atoms with van der Waals surface area (Å²) in [5.74, 6) is 1.76. The Labute approximate surface area is 114 Å². The van der Waals surface area contributed by atoms with Crippen molar-refractivity contribution in [2.45, 2.75) is 71.4 Å². The summed E-state index contributed by atoms with van der Waals surface area (Å²) in [5, 5.41) is 3.84. The Balaban J connectivity index is 2.10. The van der Waals surface area contributed by atoms with Crippen molar-refractivity contribution in [1.82, 2.24) is 10.2 Å². The van der Waals surface area contributed by atoms with E-state index < -0.39 is 0 Å². The number of nitrogens with one attached hydrogen (secondary N) is 1. The molecule has 1 aliphatic heterocycles. The zero-order chi connectivity index (χ0) is 13.4. The van der Waals surface area contributed by atoms with Crippen LogP contribution in [0.4, 0.5) is 0 Å². The Morgan fingerprint density at radius 3 is 2.44 bits per heavy atom. The second-order valence-corrected chi connectivity index (χ2v) is 7.29. The molecule has 0 aromatic rings. The maximum Gasteiger partial charge on any atom is 0.0335 e. The summed E-state index contributed by atoms with van der Waals surface area (Å²) >= 11 is 0. The van der Waals surface area contributed by atoms with E-state index in [0.29, 0.717) is 11.1 Å². The second kappa shape index (κ2) is 5.13. The third-order valence-corrected chi connectivity index (χ3v) is 5.60. The summed E-state index contributed by atoms with van der Waals surface area (Å²) in [6.45, 7) is 15.6. The van der Waals surface area contributed by atoms with Crippen molar-refractivity contribution in [3.63, 3.8) is 0 Å². The number of piperazine rings is 1. The number of nitrogens with zero attached hydrogens (tertiary/aromatic N) is 1. The van der Waals surface area contributed by atoms with Crippen LogP contribution in [0.25, 0.3) is 0 Å². The van der Waals surface area contributed by atoms with Crippen molar-refractivity contribution in [3.8, 4) is 0 Å². The van der Waals surface area contributed by atoms with Crippen LogP contribution >= 0.6 is 0 Å². The molecule has 2 heteroatoms. The van der Waals surface area contributed by atoms with Crippen LogP contribution in [0.15, 0.2) is 0 Å². The van der Waals surface area contributed by atoms with Crippen LogP contribution in [-0.4, -0.2) is 35.6 Å². The van der Waals surface area contributed by atoms with Crippen LogP contribution < -0.4 is 5.32 Å². The summed E-state index contributed by atoms with van der Waals surface area (Å²) in [4.78, 5) is 2.82. The van der Waals surface area contributed by atoms with Gasteiger partial charge in [0.1, 0.15) is 0 Å². The average Bonchev–Trinajstić information content (AvgIpc) is 3.18. The van der Waals surface area contributed by atoms with Gasteiger partial charge >= 0.3 is 0 Å². The van der Waals surface area contributed by atoms with Gasteiger partial charge < -0.3 is 5.32 Å². The van der Waals surface area contributed by atoms with Gasteiger partial charge in [0, 0.05) is 30.7 Å². The van der Waals surface area contributed by atoms with Gasteiger partial charge in [-0.25, -0.2) is 0 Å². The monoisotopic (exact) mass is 252 g/mol. The molecule has 1 N–H and O–H groups in total. The maximum absolute atomic E-state index is 3.84. The molecule has 2 aliphatic rings. The van der Waals surface area contributed by atoms with Gasteiger partial charge in [0.2, 0.25) is 0 Å². The molecule has 0 amide bonds. The fraction of sp³-hybridized carbons (Fsp3) is 1.00. The lowest BCUT2D eigenvalue weighted by Crippen LogP contribution is -2.69. The maximum atomic E-state index is 3.84. The van der Waals surface area contributed by atoms with Gasteiger partial charge in [-0.05, 0) is 44.9 Å². The lowest BCUT2D eigenvalue weighted by Gasteiger charge is -2.53. The molecule has 2 nitrogen and oxygen atoms in total. The Morgan fingerprint density at radius 1 is 1.28 bits per heavy atom. The number of hydrogen-bond donors (Lipinski definition) is 1. The predicted octanol–water partition coefficient (Wildman–Crippen LogP) is 3.28. The van der Waals surface area contributed by atoms with E-state index in [1.807, 2.05) is 0 Å². The second-order valence-electron chi connectivity index (χ2n) is 7.29. The summed E-state index contributed by atoms with van der Waals surface area (Å²) < 4.78 is 0. The van der Waals surface area contributed by atoms with E-state index in [1.165, 1.54) is 45.3 Å². The molecule has 0 aromatic carbocycles. The summed E-state index contributed by atoms with van der Waals surface area (Å²) in [7, 11) is 0. The van der Waals surface area contributed by atoms with Crippen molar-refractivity contribution < 1.29 is 0 Å². The molecule has 3 atom stereocenters. The van der Waals surface area contributed by atoms with Gasteiger partial charge in [-0.1, -0.05) is 27.2 Å². The minimum atomic E-state index is 0.321. The molecule has 2 rings (SSSR count). The fourth-order valence-corrected chi connectivity index (χ4v) is 3.28. The van der Waals surface area contributed by atoms with Crippen LogP contribution in [-0.2, 0) is 0 Å². The van der Waals surface area contributed by atoms with Crippen molar-refractivity contribution >= 4 is 0 Å². The first-order valence-corrected chi connectivity index (χ1v) is 7.93. The highest BCUT2D eigenvalue weighted by Crippen LogP contribution is 2.45. The lowest BCUT2D eigenvalue weighted by atomic mass is 9.83. The molecule has 0 radical (unpaired) electrons. The van der Waals surface area contributed by atoms with Gasteiger partial charge in [0.25, 0.3) is 0 Å². The Bertz CT molecular complexity index is 287. The molecule has 0 spiro atoms. The molecule has 18 heavy (non-hydrogen) atoms. The molecule has 0 bridgehead atoms. The normalized spacial score (nSPS) is 39.8. The number of hydrogen-bond acceptors (Lipinski definition) is 2. The Hall–Kier alpha value is -0.0800. The smallest absolute Gasteiger partial charge is 0.0335 e. The zero-order valence-electron chi connectivity index (χ0n) is 13.1. The summed E-state index contributed by atoms with van der Waals surface area (Å²) in [6, 6.07) is 0. The van der Waals surface area contributed by atoms with Gasteiger partial charge in [-0.15, -0.1) is 0 Å². The third-order valence-electron chi connectivity index (χ3n) is 5.60. The van der Waals surface area contributed by atoms with Crippen molar-refractivity contribution in [2.24, 2.45) is 11.8 Å². The van der Waals surface area contributed by atoms with Gasteiger partial charge in [-0.3, -0.25) is 4.90 Å². The Morgan fingerprint density at radius 2 is 1.94 bits per heavy atom. The van der Waals surface area contributed by atoms with Crippen molar-refractivity contribution in [2.75, 3.05) is 19.6 Å². The van der Waals surface area contributed by atoms with Crippen molar-refractivity contribution in [3.05, 3.63) is 0 Å². The largest absolute Gasteiger partial charge is 0.308 e. The molecule has 1 saturated heterocycles. The zero-order valence-corrected chi connectivity index (χ0v) is 13.1. The predicted molar refractivity (Wildman–Crippen MR) is 78.9 cm³/mol. The SMILES string of the molecule is CCC(C)CN1CC(C)(CC)NCC1(C)C1CC1. The summed E-state index contributed by atoms with van der Waals surface area (Å²) in [6.07, 6.45) is 5.41. The molecular formula is C16H32N2. The third kappa shape index (κ3) is 2.75. The van der Waals surface area contributed by atoms with Gasteiger partial charge in [-0.2, -0.15) is 0 Å². The minimum absolute atomic E-state index is 0.321. The van der Waals surface area contributed by atoms with E-state index >= 15 is 0 Å². The van der Waals surface area contributed by atoms with Crippen LogP contribution in [0.1, 0.15) is 60.3 Å². The average molecular weight is 252 g/mol. The standard InChI is InChI=1S/C16H32N2/c1-6-13(3)10-18-12-15(4,7-2)17-11-16(18,5)14-8-9-14/h13-14,17H,6-12H2,1-5H3. The van der Waals surface area contributed by atoms with E-state index in [9.17, 15) is 0 Å². The highest BCUT2D eigenvalue weighted by Gasteiger charge is 2.50. The highest BCUT2D eigenvalue weighted by molar-refractivity contribution is 5.07.